The van der Waals surface area contributed by atoms with Crippen molar-refractivity contribution in [2.24, 2.45) is 4.99 Å². The summed E-state index contributed by atoms with van der Waals surface area (Å²) in [5.41, 5.74) is 3.86. The van der Waals surface area contributed by atoms with Crippen molar-refractivity contribution < 1.29 is 0 Å². The van der Waals surface area contributed by atoms with E-state index in [2.05, 4.69) is 49.8 Å². The summed E-state index contributed by atoms with van der Waals surface area (Å²) < 4.78 is 0. The smallest absolute Gasteiger partial charge is 0.198 e. The number of aliphatic imine (C=N–C) groups is 1. The number of rotatable bonds is 4. The maximum atomic E-state index is 4.80. The van der Waals surface area contributed by atoms with E-state index in [-0.39, 0.29) is 24.0 Å². The maximum Gasteiger partial charge on any atom is 0.198 e. The van der Waals surface area contributed by atoms with Crippen LogP contribution in [-0.2, 0) is 12.8 Å². The summed E-state index contributed by atoms with van der Waals surface area (Å²) in [5, 5.41) is 6.89. The maximum absolute atomic E-state index is 4.80. The van der Waals surface area contributed by atoms with Crippen molar-refractivity contribution in [3.05, 3.63) is 40.9 Å². The molecule has 1 aromatic heterocycles. The quantitative estimate of drug-likeness (QED) is 0.411. The van der Waals surface area contributed by atoms with Gasteiger partial charge in [0.05, 0.1) is 5.69 Å². The monoisotopic (exact) mass is 483 g/mol. The molecule has 2 aromatic rings. The lowest BCUT2D eigenvalue weighted by Gasteiger charge is -2.22. The number of benzene rings is 1. The van der Waals surface area contributed by atoms with Crippen molar-refractivity contribution >= 4 is 52.1 Å². The van der Waals surface area contributed by atoms with Gasteiger partial charge in [0.15, 0.2) is 11.1 Å². The molecular weight excluding hydrogens is 457 g/mol. The first-order valence-electron chi connectivity index (χ1n) is 9.10. The molecule has 0 radical (unpaired) electrons. The van der Waals surface area contributed by atoms with Gasteiger partial charge in [-0.2, -0.15) is 0 Å². The highest BCUT2D eigenvalue weighted by atomic mass is 127. The molecule has 0 aliphatic carbocycles. The summed E-state index contributed by atoms with van der Waals surface area (Å²) in [5.74, 6) is 0.958. The van der Waals surface area contributed by atoms with Gasteiger partial charge in [0.2, 0.25) is 0 Å². The molecule has 0 saturated carbocycles. The fourth-order valence-electron chi connectivity index (χ4n) is 3.62. The van der Waals surface area contributed by atoms with E-state index in [0.717, 1.165) is 45.0 Å². The van der Waals surface area contributed by atoms with Gasteiger partial charge in [0, 0.05) is 50.7 Å². The second-order valence-corrected chi connectivity index (χ2v) is 7.41. The van der Waals surface area contributed by atoms with Gasteiger partial charge in [-0.25, -0.2) is 4.98 Å². The van der Waals surface area contributed by atoms with Crippen molar-refractivity contribution in [1.82, 2.24) is 10.3 Å². The predicted molar refractivity (Wildman–Crippen MR) is 122 cm³/mol. The van der Waals surface area contributed by atoms with E-state index in [1.54, 1.807) is 11.3 Å². The SMILES string of the molecule is CN=C(NCCc1csc(N2CCCC2)n1)N1CCc2ccccc21.I. The van der Waals surface area contributed by atoms with E-state index in [0.29, 0.717) is 0 Å². The van der Waals surface area contributed by atoms with E-state index in [4.69, 9.17) is 4.98 Å². The number of nitrogens with one attached hydrogen (secondary N) is 1. The van der Waals surface area contributed by atoms with Gasteiger partial charge in [0.25, 0.3) is 0 Å². The van der Waals surface area contributed by atoms with Crippen LogP contribution in [0.2, 0.25) is 0 Å². The molecule has 0 spiro atoms. The number of para-hydroxylation sites is 1. The predicted octanol–water partition coefficient (Wildman–Crippen LogP) is 3.54. The Hall–Kier alpha value is -1.35. The molecule has 0 bridgehead atoms. The number of guanidine groups is 1. The lowest BCUT2D eigenvalue weighted by Crippen LogP contribution is -2.41. The van der Waals surface area contributed by atoms with E-state index >= 15 is 0 Å². The van der Waals surface area contributed by atoms with Crippen LogP contribution in [-0.4, -0.2) is 44.2 Å². The molecule has 7 heteroatoms. The van der Waals surface area contributed by atoms with Crippen LogP contribution >= 0.6 is 35.3 Å². The number of anilines is 2. The van der Waals surface area contributed by atoms with Crippen LogP contribution in [0.4, 0.5) is 10.8 Å². The van der Waals surface area contributed by atoms with Crippen LogP contribution in [0, 0.1) is 0 Å². The molecule has 3 heterocycles. The zero-order chi connectivity index (χ0) is 17.1. The van der Waals surface area contributed by atoms with E-state index in [1.807, 2.05) is 7.05 Å². The summed E-state index contributed by atoms with van der Waals surface area (Å²) in [4.78, 5) is 14.0. The highest BCUT2D eigenvalue weighted by Crippen LogP contribution is 2.27. The fourth-order valence-corrected chi connectivity index (χ4v) is 4.53. The third kappa shape index (κ3) is 4.14. The number of hydrogen-bond acceptors (Lipinski definition) is 4. The van der Waals surface area contributed by atoms with Gasteiger partial charge < -0.3 is 15.1 Å². The lowest BCUT2D eigenvalue weighted by molar-refractivity contribution is 0.820. The molecule has 26 heavy (non-hydrogen) atoms. The Labute approximate surface area is 176 Å². The minimum atomic E-state index is 0. The van der Waals surface area contributed by atoms with Gasteiger partial charge in [-0.3, -0.25) is 4.99 Å². The van der Waals surface area contributed by atoms with Crippen LogP contribution in [0.15, 0.2) is 34.6 Å². The number of nitrogens with zero attached hydrogens (tertiary/aromatic N) is 4. The van der Waals surface area contributed by atoms with Gasteiger partial charge in [-0.1, -0.05) is 18.2 Å². The van der Waals surface area contributed by atoms with E-state index in [9.17, 15) is 0 Å². The van der Waals surface area contributed by atoms with Crippen molar-refractivity contribution in [2.75, 3.05) is 43.0 Å². The van der Waals surface area contributed by atoms with E-state index < -0.39 is 0 Å². The molecule has 140 valence electrons. The van der Waals surface area contributed by atoms with Gasteiger partial charge in [0.1, 0.15) is 0 Å². The first-order valence-corrected chi connectivity index (χ1v) is 9.98. The highest BCUT2D eigenvalue weighted by molar-refractivity contribution is 14.0. The van der Waals surface area contributed by atoms with Gasteiger partial charge >= 0.3 is 0 Å². The summed E-state index contributed by atoms with van der Waals surface area (Å²) in [6.45, 7) is 4.17. The Morgan fingerprint density at radius 3 is 2.85 bits per heavy atom. The first kappa shape index (κ1) is 19.4. The Morgan fingerprint density at radius 2 is 2.04 bits per heavy atom. The average molecular weight is 483 g/mol. The van der Waals surface area contributed by atoms with Gasteiger partial charge in [-0.15, -0.1) is 35.3 Å². The molecular formula is C19H26IN5S. The number of aromatic nitrogens is 1. The fraction of sp³-hybridized carbons (Fsp3) is 0.474. The van der Waals surface area contributed by atoms with Gasteiger partial charge in [-0.05, 0) is 30.9 Å². The van der Waals surface area contributed by atoms with E-state index in [1.165, 1.54) is 34.9 Å². The summed E-state index contributed by atoms with van der Waals surface area (Å²) in [6.07, 6.45) is 4.61. The Kier molecular flexibility index (Phi) is 6.74. The molecule has 4 rings (SSSR count). The number of hydrogen-bond donors (Lipinski definition) is 1. The molecule has 0 atom stereocenters. The second-order valence-electron chi connectivity index (χ2n) is 6.57. The average Bonchev–Trinajstić information content (AvgIpc) is 3.38. The van der Waals surface area contributed by atoms with Crippen molar-refractivity contribution in [1.29, 1.82) is 0 Å². The lowest BCUT2D eigenvalue weighted by atomic mass is 10.2. The van der Waals surface area contributed by atoms with Crippen LogP contribution in [0.3, 0.4) is 0 Å². The van der Waals surface area contributed by atoms with Crippen LogP contribution < -0.4 is 15.1 Å². The van der Waals surface area contributed by atoms with Crippen LogP contribution in [0.1, 0.15) is 24.1 Å². The minimum absolute atomic E-state index is 0. The molecule has 2 aliphatic rings. The zero-order valence-corrected chi connectivity index (χ0v) is 18.3. The number of halogens is 1. The Morgan fingerprint density at radius 1 is 1.23 bits per heavy atom. The summed E-state index contributed by atoms with van der Waals surface area (Å²) in [7, 11) is 1.86. The largest absolute Gasteiger partial charge is 0.356 e. The topological polar surface area (TPSA) is 43.8 Å². The third-order valence-corrected chi connectivity index (χ3v) is 5.89. The molecule has 1 aromatic carbocycles. The number of thiazole rings is 1. The highest BCUT2D eigenvalue weighted by Gasteiger charge is 2.22. The molecule has 0 unspecified atom stereocenters. The molecule has 2 aliphatic heterocycles. The molecule has 1 fully saturated rings. The first-order chi connectivity index (χ1) is 12.3. The Balaban J connectivity index is 0.00000196. The normalized spacial score (nSPS) is 16.6. The second kappa shape index (κ2) is 9.03. The van der Waals surface area contributed by atoms with Crippen LogP contribution in [0.25, 0.3) is 0 Å². The van der Waals surface area contributed by atoms with Crippen molar-refractivity contribution in [3.8, 4) is 0 Å². The standard InChI is InChI=1S/C19H25N5S.HI/c1-20-18(24-13-9-15-6-2-3-7-17(15)24)21-10-8-16-14-25-19(22-16)23-11-4-5-12-23;/h2-3,6-7,14H,4-5,8-13H2,1H3,(H,20,21);1H. The molecule has 1 saturated heterocycles. The summed E-state index contributed by atoms with van der Waals surface area (Å²) >= 11 is 1.77. The molecule has 0 amide bonds. The third-order valence-electron chi connectivity index (χ3n) is 4.94. The Bertz CT molecular complexity index is 754. The zero-order valence-electron chi connectivity index (χ0n) is 15.1. The van der Waals surface area contributed by atoms with Crippen LogP contribution in [0.5, 0.6) is 0 Å². The molecule has 1 N–H and O–H groups in total. The summed E-state index contributed by atoms with van der Waals surface area (Å²) in [6, 6.07) is 8.59. The number of fused-ring (bicyclic) bond motifs is 1. The molecule has 5 nitrogen and oxygen atoms in total. The van der Waals surface area contributed by atoms with Crippen molar-refractivity contribution in [3.63, 3.8) is 0 Å². The minimum Gasteiger partial charge on any atom is -0.356 e. The van der Waals surface area contributed by atoms with Crippen molar-refractivity contribution in [2.45, 2.75) is 25.7 Å².